The van der Waals surface area contributed by atoms with Crippen LogP contribution in [0.3, 0.4) is 0 Å². The summed E-state index contributed by atoms with van der Waals surface area (Å²) >= 11 is 0. The van der Waals surface area contributed by atoms with Gasteiger partial charge in [0.05, 0.1) is 0 Å². The van der Waals surface area contributed by atoms with Crippen molar-refractivity contribution in [1.29, 1.82) is 0 Å². The summed E-state index contributed by atoms with van der Waals surface area (Å²) in [5, 5.41) is 3.58. The largest absolute Gasteiger partial charge is 0.454 e. The van der Waals surface area contributed by atoms with Gasteiger partial charge in [-0.3, -0.25) is 9.78 Å². The van der Waals surface area contributed by atoms with E-state index in [1.165, 1.54) is 0 Å². The normalized spacial score (nSPS) is 16.9. The number of benzene rings is 1. The molecule has 2 aliphatic heterocycles. The number of hydrogen-bond acceptors (Lipinski definition) is 5. The molecule has 25 heavy (non-hydrogen) atoms. The molecule has 130 valence electrons. The summed E-state index contributed by atoms with van der Waals surface area (Å²) in [7, 11) is 0. The first-order valence-corrected chi connectivity index (χ1v) is 8.61. The lowest BCUT2D eigenvalue weighted by atomic mass is 10.0. The van der Waals surface area contributed by atoms with Crippen LogP contribution in [0.15, 0.2) is 42.7 Å². The lowest BCUT2D eigenvalue weighted by molar-refractivity contribution is 0.0704. The molecular formula is C19H21N3O3. The summed E-state index contributed by atoms with van der Waals surface area (Å²) in [5.41, 5.74) is 1.82. The van der Waals surface area contributed by atoms with Gasteiger partial charge in [0, 0.05) is 49.2 Å². The van der Waals surface area contributed by atoms with Gasteiger partial charge in [-0.05, 0) is 31.0 Å². The van der Waals surface area contributed by atoms with Crippen molar-refractivity contribution >= 4 is 5.91 Å². The van der Waals surface area contributed by atoms with Crippen LogP contribution in [0.1, 0.15) is 28.8 Å². The fourth-order valence-electron chi connectivity index (χ4n) is 3.35. The average Bonchev–Trinajstić information content (AvgIpc) is 3.16. The van der Waals surface area contributed by atoms with E-state index < -0.39 is 0 Å². The van der Waals surface area contributed by atoms with Gasteiger partial charge in [0.2, 0.25) is 6.79 Å². The van der Waals surface area contributed by atoms with Crippen LogP contribution >= 0.6 is 0 Å². The van der Waals surface area contributed by atoms with Gasteiger partial charge >= 0.3 is 0 Å². The number of piperidine rings is 1. The number of fused-ring (bicyclic) bond motifs is 1. The molecular weight excluding hydrogens is 318 g/mol. The van der Waals surface area contributed by atoms with Crippen molar-refractivity contribution in [2.24, 2.45) is 0 Å². The highest BCUT2D eigenvalue weighted by Crippen LogP contribution is 2.35. The lowest BCUT2D eigenvalue weighted by Crippen LogP contribution is -2.44. The molecule has 6 nitrogen and oxygen atoms in total. The minimum atomic E-state index is 0.0901. The molecule has 0 atom stereocenters. The second kappa shape index (κ2) is 7.11. The maximum absolute atomic E-state index is 12.5. The zero-order valence-electron chi connectivity index (χ0n) is 14.0. The fraction of sp³-hybridized carbons (Fsp3) is 0.368. The van der Waals surface area contributed by atoms with Crippen LogP contribution < -0.4 is 14.8 Å². The summed E-state index contributed by atoms with van der Waals surface area (Å²) in [6.07, 6.45) is 5.21. The Morgan fingerprint density at radius 2 is 1.96 bits per heavy atom. The van der Waals surface area contributed by atoms with Crippen molar-refractivity contribution in [2.45, 2.75) is 25.4 Å². The number of nitrogens with one attached hydrogen (secondary N) is 1. The molecule has 0 aliphatic carbocycles. The molecule has 1 fully saturated rings. The minimum Gasteiger partial charge on any atom is -0.454 e. The van der Waals surface area contributed by atoms with Gasteiger partial charge in [0.1, 0.15) is 0 Å². The predicted molar refractivity (Wildman–Crippen MR) is 92.6 cm³/mol. The third-order valence-electron chi connectivity index (χ3n) is 4.77. The van der Waals surface area contributed by atoms with Crippen molar-refractivity contribution in [2.75, 3.05) is 19.9 Å². The fourth-order valence-corrected chi connectivity index (χ4v) is 3.35. The minimum absolute atomic E-state index is 0.0901. The number of nitrogens with zero attached hydrogens (tertiary/aromatic N) is 2. The van der Waals surface area contributed by atoms with E-state index in [1.807, 2.05) is 17.0 Å². The van der Waals surface area contributed by atoms with Crippen LogP contribution in [-0.2, 0) is 6.54 Å². The molecule has 2 aromatic rings. The Morgan fingerprint density at radius 1 is 1.16 bits per heavy atom. The number of rotatable bonds is 4. The first kappa shape index (κ1) is 15.9. The molecule has 1 amide bonds. The van der Waals surface area contributed by atoms with Crippen molar-refractivity contribution < 1.29 is 14.3 Å². The Morgan fingerprint density at radius 3 is 2.76 bits per heavy atom. The number of ether oxygens (including phenoxy) is 2. The van der Waals surface area contributed by atoms with Gasteiger partial charge in [0.15, 0.2) is 11.5 Å². The molecule has 4 rings (SSSR count). The molecule has 1 aromatic heterocycles. The van der Waals surface area contributed by atoms with E-state index >= 15 is 0 Å². The first-order valence-electron chi connectivity index (χ1n) is 8.61. The van der Waals surface area contributed by atoms with E-state index in [0.29, 0.717) is 18.4 Å². The average molecular weight is 339 g/mol. The molecule has 1 N–H and O–H groups in total. The lowest BCUT2D eigenvalue weighted by Gasteiger charge is -2.32. The van der Waals surface area contributed by atoms with E-state index in [0.717, 1.165) is 49.5 Å². The predicted octanol–water partition coefficient (Wildman–Crippen LogP) is 2.20. The van der Waals surface area contributed by atoms with Gasteiger partial charge in [-0.2, -0.15) is 0 Å². The summed E-state index contributed by atoms with van der Waals surface area (Å²) in [6, 6.07) is 9.91. The molecule has 0 saturated carbocycles. The van der Waals surface area contributed by atoms with Gasteiger partial charge in [-0.25, -0.2) is 0 Å². The number of carbonyl (C=O) groups is 1. The second-order valence-corrected chi connectivity index (χ2v) is 6.33. The topological polar surface area (TPSA) is 63.7 Å². The maximum Gasteiger partial charge on any atom is 0.253 e. The van der Waals surface area contributed by atoms with E-state index in [4.69, 9.17) is 9.47 Å². The number of pyridine rings is 1. The number of amides is 1. The number of para-hydroxylation sites is 1. The monoisotopic (exact) mass is 339 g/mol. The molecule has 0 bridgehead atoms. The molecule has 0 unspecified atom stereocenters. The summed E-state index contributed by atoms with van der Waals surface area (Å²) in [6.45, 7) is 2.58. The van der Waals surface area contributed by atoms with Crippen LogP contribution in [0.2, 0.25) is 0 Å². The molecule has 0 spiro atoms. The number of likely N-dealkylation sites (tertiary alicyclic amines) is 1. The second-order valence-electron chi connectivity index (χ2n) is 6.33. The molecule has 6 heteroatoms. The SMILES string of the molecule is O=C(c1ccncc1)N1CCC(NCc2cccc3c2OCO3)CC1. The van der Waals surface area contributed by atoms with Gasteiger partial charge in [-0.15, -0.1) is 0 Å². The molecule has 2 aliphatic rings. The van der Waals surface area contributed by atoms with Crippen LogP contribution in [0, 0.1) is 0 Å². The number of aromatic nitrogens is 1. The van der Waals surface area contributed by atoms with E-state index in [9.17, 15) is 4.79 Å². The highest BCUT2D eigenvalue weighted by Gasteiger charge is 2.24. The number of hydrogen-bond donors (Lipinski definition) is 1. The smallest absolute Gasteiger partial charge is 0.253 e. The van der Waals surface area contributed by atoms with Gasteiger partial charge in [-0.1, -0.05) is 12.1 Å². The molecule has 3 heterocycles. The van der Waals surface area contributed by atoms with Crippen LogP contribution in [0.4, 0.5) is 0 Å². The Labute approximate surface area is 146 Å². The van der Waals surface area contributed by atoms with Crippen LogP contribution in [0.5, 0.6) is 11.5 Å². The van der Waals surface area contributed by atoms with Crippen molar-refractivity contribution in [3.8, 4) is 11.5 Å². The van der Waals surface area contributed by atoms with E-state index in [2.05, 4.69) is 16.4 Å². The number of carbonyl (C=O) groups excluding carboxylic acids is 1. The van der Waals surface area contributed by atoms with Gasteiger partial charge < -0.3 is 19.7 Å². The first-order chi connectivity index (χ1) is 12.3. The Hall–Kier alpha value is -2.60. The summed E-state index contributed by atoms with van der Waals surface area (Å²) < 4.78 is 11.0. The Kier molecular flexibility index (Phi) is 4.52. The van der Waals surface area contributed by atoms with Crippen LogP contribution in [0.25, 0.3) is 0 Å². The van der Waals surface area contributed by atoms with Crippen molar-refractivity contribution in [3.63, 3.8) is 0 Å². The van der Waals surface area contributed by atoms with Crippen LogP contribution in [-0.4, -0.2) is 41.7 Å². The van der Waals surface area contributed by atoms with Crippen molar-refractivity contribution in [1.82, 2.24) is 15.2 Å². The summed E-state index contributed by atoms with van der Waals surface area (Å²) in [5.74, 6) is 1.75. The van der Waals surface area contributed by atoms with E-state index in [-0.39, 0.29) is 5.91 Å². The third kappa shape index (κ3) is 3.44. The van der Waals surface area contributed by atoms with E-state index in [1.54, 1.807) is 24.5 Å². The summed E-state index contributed by atoms with van der Waals surface area (Å²) in [4.78, 5) is 18.3. The van der Waals surface area contributed by atoms with Crippen molar-refractivity contribution in [3.05, 3.63) is 53.9 Å². The highest BCUT2D eigenvalue weighted by molar-refractivity contribution is 5.94. The Bertz CT molecular complexity index is 743. The third-order valence-corrected chi connectivity index (χ3v) is 4.77. The zero-order chi connectivity index (χ0) is 17.1. The highest BCUT2D eigenvalue weighted by atomic mass is 16.7. The zero-order valence-corrected chi connectivity index (χ0v) is 14.0. The maximum atomic E-state index is 12.5. The standard InChI is InChI=1S/C19H21N3O3/c23-19(14-4-8-20-9-5-14)22-10-6-16(7-11-22)21-12-15-2-1-3-17-18(15)25-13-24-17/h1-5,8-9,16,21H,6-7,10-13H2. The Balaban J connectivity index is 1.30. The van der Waals surface area contributed by atoms with Gasteiger partial charge in [0.25, 0.3) is 5.91 Å². The quantitative estimate of drug-likeness (QED) is 0.925. The molecule has 1 saturated heterocycles. The molecule has 1 aromatic carbocycles. The molecule has 0 radical (unpaired) electrons.